The summed E-state index contributed by atoms with van der Waals surface area (Å²) in [6, 6.07) is 16.1. The number of H-pyrrole nitrogens is 1. The number of rotatable bonds is 4. The first-order chi connectivity index (χ1) is 13.2. The number of imidazole rings is 1. The van der Waals surface area contributed by atoms with E-state index in [9.17, 15) is 0 Å². The minimum absolute atomic E-state index is 0.355. The summed E-state index contributed by atoms with van der Waals surface area (Å²) in [5.74, 6) is 2.24. The molecule has 0 spiro atoms. The average molecular weight is 381 g/mol. The second-order valence-corrected chi connectivity index (χ2v) is 7.17. The van der Waals surface area contributed by atoms with E-state index in [2.05, 4.69) is 21.3 Å². The molecule has 1 saturated heterocycles. The van der Waals surface area contributed by atoms with E-state index in [4.69, 9.17) is 21.9 Å². The minimum Gasteiger partial charge on any atom is -0.492 e. The van der Waals surface area contributed by atoms with Crippen LogP contribution in [0.5, 0.6) is 5.75 Å². The lowest BCUT2D eigenvalue weighted by Crippen LogP contribution is -2.41. The molecule has 5 nitrogen and oxygen atoms in total. The van der Waals surface area contributed by atoms with Crippen LogP contribution in [-0.4, -0.2) is 39.7 Å². The topological polar surface area (TPSA) is 53.2 Å². The van der Waals surface area contributed by atoms with Gasteiger partial charge in [0.2, 0.25) is 0 Å². The Labute approximate surface area is 164 Å². The molecule has 140 valence electrons. The Morgan fingerprint density at radius 3 is 2.93 bits per heavy atom. The van der Waals surface area contributed by atoms with Gasteiger partial charge in [0.15, 0.2) is 5.11 Å². The summed E-state index contributed by atoms with van der Waals surface area (Å²) in [5.41, 5.74) is 3.03. The second kappa shape index (κ2) is 7.96. The van der Waals surface area contributed by atoms with E-state index in [-0.39, 0.29) is 0 Å². The van der Waals surface area contributed by atoms with Gasteiger partial charge in [-0.25, -0.2) is 4.98 Å². The van der Waals surface area contributed by atoms with Gasteiger partial charge < -0.3 is 19.9 Å². The molecule has 3 aromatic rings. The molecule has 0 amide bonds. The summed E-state index contributed by atoms with van der Waals surface area (Å²) in [7, 11) is 0. The van der Waals surface area contributed by atoms with Crippen LogP contribution in [0.15, 0.2) is 48.5 Å². The number of aromatic nitrogens is 2. The van der Waals surface area contributed by atoms with Crippen LogP contribution >= 0.6 is 12.2 Å². The third-order valence-electron chi connectivity index (χ3n) is 4.93. The molecular weight excluding hydrogens is 356 g/mol. The Bertz CT molecular complexity index is 906. The largest absolute Gasteiger partial charge is 0.492 e. The lowest BCUT2D eigenvalue weighted by Gasteiger charge is -2.34. The molecule has 1 aliphatic rings. The Morgan fingerprint density at radius 2 is 2.07 bits per heavy atom. The number of nitrogens with zero attached hydrogens (tertiary/aromatic N) is 2. The van der Waals surface area contributed by atoms with Crippen molar-refractivity contribution in [2.75, 3.05) is 25.0 Å². The predicted molar refractivity (Wildman–Crippen MR) is 113 cm³/mol. The summed E-state index contributed by atoms with van der Waals surface area (Å²) in [6.07, 6.45) is 2.21. The third kappa shape index (κ3) is 3.90. The van der Waals surface area contributed by atoms with Gasteiger partial charge in [-0.2, -0.15) is 0 Å². The molecule has 0 bridgehead atoms. The molecule has 0 aliphatic carbocycles. The Kier molecular flexibility index (Phi) is 5.25. The van der Waals surface area contributed by atoms with E-state index < -0.39 is 0 Å². The number of thiocarbonyl (C=S) groups is 1. The standard InChI is InChI=1S/C21H24N4OS/c1-2-26-19-12-6-5-11-18(19)24-21(27)25-13-7-8-15(14-25)20-22-16-9-3-4-10-17(16)23-20/h3-6,9-12,15H,2,7-8,13-14H2,1H3,(H,22,23)(H,24,27). The SMILES string of the molecule is CCOc1ccccc1NC(=S)N1CCCC(c2nc3ccccc3[nH]2)C1. The zero-order chi connectivity index (χ0) is 18.6. The Hall–Kier alpha value is -2.60. The number of ether oxygens (including phenoxy) is 1. The van der Waals surface area contributed by atoms with E-state index in [0.29, 0.717) is 12.5 Å². The Morgan fingerprint density at radius 1 is 1.26 bits per heavy atom. The van der Waals surface area contributed by atoms with E-state index in [1.807, 2.05) is 49.4 Å². The van der Waals surface area contributed by atoms with Crippen LogP contribution in [-0.2, 0) is 0 Å². The van der Waals surface area contributed by atoms with Gasteiger partial charge in [-0.1, -0.05) is 24.3 Å². The number of anilines is 1. The van der Waals surface area contributed by atoms with Gasteiger partial charge in [0, 0.05) is 19.0 Å². The molecule has 0 radical (unpaired) electrons. The van der Waals surface area contributed by atoms with Crippen LogP contribution in [0.2, 0.25) is 0 Å². The number of hydrogen-bond acceptors (Lipinski definition) is 3. The maximum Gasteiger partial charge on any atom is 0.173 e. The number of likely N-dealkylation sites (tertiary alicyclic amines) is 1. The predicted octanol–water partition coefficient (Wildman–Crippen LogP) is 4.54. The number of fused-ring (bicyclic) bond motifs is 1. The number of piperidine rings is 1. The van der Waals surface area contributed by atoms with Crippen LogP contribution in [0, 0.1) is 0 Å². The van der Waals surface area contributed by atoms with Gasteiger partial charge in [-0.05, 0) is 56.2 Å². The van der Waals surface area contributed by atoms with Gasteiger partial charge in [-0.15, -0.1) is 0 Å². The molecule has 2 aromatic carbocycles. The zero-order valence-corrected chi connectivity index (χ0v) is 16.3. The second-order valence-electron chi connectivity index (χ2n) is 6.78. The summed E-state index contributed by atoms with van der Waals surface area (Å²) < 4.78 is 5.69. The molecule has 1 aliphatic heterocycles. The van der Waals surface area contributed by atoms with Crippen molar-refractivity contribution >= 4 is 34.1 Å². The molecule has 1 fully saturated rings. The van der Waals surface area contributed by atoms with E-state index in [1.165, 1.54) is 0 Å². The molecular formula is C21H24N4OS. The van der Waals surface area contributed by atoms with Gasteiger partial charge in [0.1, 0.15) is 11.6 Å². The molecule has 27 heavy (non-hydrogen) atoms. The Balaban J connectivity index is 1.47. The highest BCUT2D eigenvalue weighted by molar-refractivity contribution is 7.80. The van der Waals surface area contributed by atoms with Crippen LogP contribution in [0.4, 0.5) is 5.69 Å². The van der Waals surface area contributed by atoms with E-state index >= 15 is 0 Å². The van der Waals surface area contributed by atoms with Gasteiger partial charge in [0.05, 0.1) is 23.3 Å². The molecule has 2 N–H and O–H groups in total. The van der Waals surface area contributed by atoms with Gasteiger partial charge in [0.25, 0.3) is 0 Å². The van der Waals surface area contributed by atoms with Crippen molar-refractivity contribution < 1.29 is 4.74 Å². The number of benzene rings is 2. The quantitative estimate of drug-likeness (QED) is 0.651. The van der Waals surface area contributed by atoms with Crippen molar-refractivity contribution in [3.05, 3.63) is 54.4 Å². The summed E-state index contributed by atoms with van der Waals surface area (Å²) in [4.78, 5) is 10.5. The van der Waals surface area contributed by atoms with E-state index in [0.717, 1.165) is 59.3 Å². The normalized spacial score (nSPS) is 17.1. The van der Waals surface area contributed by atoms with Gasteiger partial charge in [-0.3, -0.25) is 0 Å². The summed E-state index contributed by atoms with van der Waals surface area (Å²) >= 11 is 5.70. The summed E-state index contributed by atoms with van der Waals surface area (Å²) in [5, 5.41) is 4.10. The van der Waals surface area contributed by atoms with Crippen molar-refractivity contribution in [2.45, 2.75) is 25.7 Å². The molecule has 1 unspecified atom stereocenters. The van der Waals surface area contributed by atoms with Crippen molar-refractivity contribution in [2.24, 2.45) is 0 Å². The van der Waals surface area contributed by atoms with Gasteiger partial charge >= 0.3 is 0 Å². The first kappa shape index (κ1) is 17.8. The number of para-hydroxylation sites is 4. The van der Waals surface area contributed by atoms with Crippen molar-refractivity contribution in [3.8, 4) is 5.75 Å². The maximum atomic E-state index is 5.70. The lowest BCUT2D eigenvalue weighted by molar-refractivity contribution is 0.306. The fourth-order valence-electron chi connectivity index (χ4n) is 3.60. The maximum absolute atomic E-state index is 5.70. The molecule has 1 atom stereocenters. The minimum atomic E-state index is 0.355. The smallest absolute Gasteiger partial charge is 0.173 e. The monoisotopic (exact) mass is 380 g/mol. The van der Waals surface area contributed by atoms with Crippen LogP contribution in [0.1, 0.15) is 31.5 Å². The van der Waals surface area contributed by atoms with Crippen LogP contribution in [0.25, 0.3) is 11.0 Å². The third-order valence-corrected chi connectivity index (χ3v) is 5.29. The fourth-order valence-corrected chi connectivity index (χ4v) is 3.87. The van der Waals surface area contributed by atoms with Crippen LogP contribution < -0.4 is 10.1 Å². The molecule has 0 saturated carbocycles. The summed E-state index contributed by atoms with van der Waals surface area (Å²) in [6.45, 7) is 4.43. The number of nitrogens with one attached hydrogen (secondary N) is 2. The highest BCUT2D eigenvalue weighted by atomic mass is 32.1. The van der Waals surface area contributed by atoms with E-state index in [1.54, 1.807) is 0 Å². The molecule has 6 heteroatoms. The molecule has 1 aromatic heterocycles. The zero-order valence-electron chi connectivity index (χ0n) is 15.4. The first-order valence-corrected chi connectivity index (χ1v) is 9.88. The van der Waals surface area contributed by atoms with Crippen molar-refractivity contribution in [1.82, 2.24) is 14.9 Å². The number of aromatic amines is 1. The van der Waals surface area contributed by atoms with Crippen LogP contribution in [0.3, 0.4) is 0 Å². The highest BCUT2D eigenvalue weighted by Gasteiger charge is 2.25. The first-order valence-electron chi connectivity index (χ1n) is 9.47. The average Bonchev–Trinajstić information content (AvgIpc) is 3.14. The van der Waals surface area contributed by atoms with Crippen molar-refractivity contribution in [1.29, 1.82) is 0 Å². The highest BCUT2D eigenvalue weighted by Crippen LogP contribution is 2.28. The van der Waals surface area contributed by atoms with Crippen molar-refractivity contribution in [3.63, 3.8) is 0 Å². The molecule has 4 rings (SSSR count). The lowest BCUT2D eigenvalue weighted by atomic mass is 9.98. The fraction of sp³-hybridized carbons (Fsp3) is 0.333. The number of hydrogen-bond donors (Lipinski definition) is 2. The molecule has 2 heterocycles.